The molecule has 3 rings (SSSR count). The van der Waals surface area contributed by atoms with Gasteiger partial charge in [-0.25, -0.2) is 8.42 Å². The standard InChI is InChI=1S/C17H19NO5S/c1-23-17(20)16-11-14(19)8-9-18(16)24(21,22)15-7-6-12-4-2-3-5-13(12)10-15/h2-7,10,14,16,19H,8-9,11H2,1H3/t14-,16+/m1/s1. The number of ether oxygens (including phenoxy) is 1. The minimum atomic E-state index is -3.86. The Morgan fingerprint density at radius 3 is 2.62 bits per heavy atom. The lowest BCUT2D eigenvalue weighted by atomic mass is 10.0. The van der Waals surface area contributed by atoms with Gasteiger partial charge in [-0.3, -0.25) is 4.79 Å². The van der Waals surface area contributed by atoms with E-state index in [4.69, 9.17) is 4.74 Å². The molecule has 0 spiro atoms. The summed E-state index contributed by atoms with van der Waals surface area (Å²) < 4.78 is 31.9. The Bertz CT molecular complexity index is 864. The van der Waals surface area contributed by atoms with Crippen molar-refractivity contribution in [1.29, 1.82) is 0 Å². The van der Waals surface area contributed by atoms with Crippen molar-refractivity contribution in [3.8, 4) is 0 Å². The zero-order valence-corrected chi connectivity index (χ0v) is 14.1. The molecule has 0 radical (unpaired) electrons. The molecule has 0 saturated carbocycles. The number of esters is 1. The Hall–Kier alpha value is -1.96. The van der Waals surface area contributed by atoms with Crippen LogP contribution in [0.5, 0.6) is 0 Å². The van der Waals surface area contributed by atoms with Crippen molar-refractivity contribution < 1.29 is 23.1 Å². The van der Waals surface area contributed by atoms with Crippen molar-refractivity contribution >= 4 is 26.8 Å². The molecule has 1 heterocycles. The monoisotopic (exact) mass is 349 g/mol. The van der Waals surface area contributed by atoms with Crippen LogP contribution in [0.1, 0.15) is 12.8 Å². The van der Waals surface area contributed by atoms with Crippen LogP contribution in [0.15, 0.2) is 47.4 Å². The van der Waals surface area contributed by atoms with E-state index in [-0.39, 0.29) is 17.9 Å². The van der Waals surface area contributed by atoms with Gasteiger partial charge in [-0.1, -0.05) is 30.3 Å². The number of methoxy groups -OCH3 is 1. The first-order valence-electron chi connectivity index (χ1n) is 7.70. The fraction of sp³-hybridized carbons (Fsp3) is 0.353. The van der Waals surface area contributed by atoms with Crippen LogP contribution in [0.25, 0.3) is 10.8 Å². The van der Waals surface area contributed by atoms with Gasteiger partial charge in [-0.2, -0.15) is 4.31 Å². The lowest BCUT2D eigenvalue weighted by Crippen LogP contribution is -2.51. The lowest BCUT2D eigenvalue weighted by Gasteiger charge is -2.35. The third-order valence-corrected chi connectivity index (χ3v) is 6.23. The van der Waals surface area contributed by atoms with Crippen molar-refractivity contribution in [1.82, 2.24) is 4.31 Å². The Morgan fingerprint density at radius 2 is 1.92 bits per heavy atom. The van der Waals surface area contributed by atoms with Crippen LogP contribution in [0.2, 0.25) is 0 Å². The zero-order chi connectivity index (χ0) is 17.3. The molecule has 24 heavy (non-hydrogen) atoms. The molecule has 1 N–H and O–H groups in total. The number of piperidine rings is 1. The minimum absolute atomic E-state index is 0.0412. The highest BCUT2D eigenvalue weighted by Gasteiger charge is 2.41. The van der Waals surface area contributed by atoms with Crippen molar-refractivity contribution in [2.75, 3.05) is 13.7 Å². The number of sulfonamides is 1. The molecule has 1 fully saturated rings. The summed E-state index contributed by atoms with van der Waals surface area (Å²) in [5.41, 5.74) is 0. The predicted octanol–water partition coefficient (Wildman–Crippen LogP) is 1.53. The number of aliphatic hydroxyl groups is 1. The number of carbonyl (C=O) groups excluding carboxylic acids is 1. The van der Waals surface area contributed by atoms with Gasteiger partial charge >= 0.3 is 5.97 Å². The second kappa shape index (κ2) is 6.51. The molecular formula is C17H19NO5S. The first-order chi connectivity index (χ1) is 11.4. The van der Waals surface area contributed by atoms with Crippen LogP contribution in [-0.2, 0) is 19.6 Å². The second-order valence-electron chi connectivity index (χ2n) is 5.84. The summed E-state index contributed by atoms with van der Waals surface area (Å²) in [7, 11) is -2.65. The van der Waals surface area contributed by atoms with Crippen LogP contribution >= 0.6 is 0 Å². The van der Waals surface area contributed by atoms with E-state index in [0.717, 1.165) is 15.1 Å². The maximum absolute atomic E-state index is 13.0. The highest BCUT2D eigenvalue weighted by Crippen LogP contribution is 2.28. The highest BCUT2D eigenvalue weighted by atomic mass is 32.2. The van der Waals surface area contributed by atoms with Gasteiger partial charge in [0.25, 0.3) is 0 Å². The minimum Gasteiger partial charge on any atom is -0.468 e. The number of nitrogens with zero attached hydrogens (tertiary/aromatic N) is 1. The number of hydrogen-bond donors (Lipinski definition) is 1. The van der Waals surface area contributed by atoms with E-state index < -0.39 is 28.1 Å². The molecule has 6 nitrogen and oxygen atoms in total. The van der Waals surface area contributed by atoms with Crippen molar-refractivity contribution in [2.45, 2.75) is 29.9 Å². The maximum Gasteiger partial charge on any atom is 0.324 e. The molecule has 2 aromatic rings. The smallest absolute Gasteiger partial charge is 0.324 e. The zero-order valence-electron chi connectivity index (χ0n) is 13.3. The van der Waals surface area contributed by atoms with E-state index in [1.807, 2.05) is 24.3 Å². The Balaban J connectivity index is 2.02. The summed E-state index contributed by atoms with van der Waals surface area (Å²) >= 11 is 0. The first kappa shape index (κ1) is 16.9. The van der Waals surface area contributed by atoms with Crippen LogP contribution < -0.4 is 0 Å². The Labute approximate surface area is 140 Å². The van der Waals surface area contributed by atoms with Gasteiger partial charge in [-0.05, 0) is 29.3 Å². The van der Waals surface area contributed by atoms with Gasteiger partial charge < -0.3 is 9.84 Å². The molecule has 0 aromatic heterocycles. The van der Waals surface area contributed by atoms with Crippen molar-refractivity contribution in [3.05, 3.63) is 42.5 Å². The maximum atomic E-state index is 13.0. The fourth-order valence-electron chi connectivity index (χ4n) is 3.03. The summed E-state index contributed by atoms with van der Waals surface area (Å²) in [5.74, 6) is -0.655. The largest absolute Gasteiger partial charge is 0.468 e. The summed E-state index contributed by atoms with van der Waals surface area (Å²) in [6.45, 7) is 0.0795. The number of benzene rings is 2. The first-order valence-corrected chi connectivity index (χ1v) is 9.14. The molecule has 0 aliphatic carbocycles. The van der Waals surface area contributed by atoms with E-state index in [0.29, 0.717) is 6.42 Å². The van der Waals surface area contributed by atoms with E-state index >= 15 is 0 Å². The molecule has 1 aliphatic heterocycles. The second-order valence-corrected chi connectivity index (χ2v) is 7.73. The molecule has 1 saturated heterocycles. The average molecular weight is 349 g/mol. The molecule has 2 atom stereocenters. The lowest BCUT2D eigenvalue weighted by molar-refractivity contribution is -0.147. The number of carbonyl (C=O) groups is 1. The van der Waals surface area contributed by atoms with E-state index in [9.17, 15) is 18.3 Å². The summed E-state index contributed by atoms with van der Waals surface area (Å²) in [6, 6.07) is 11.3. The quantitative estimate of drug-likeness (QED) is 0.850. The van der Waals surface area contributed by atoms with E-state index in [1.165, 1.54) is 13.2 Å². The van der Waals surface area contributed by atoms with Crippen LogP contribution in [-0.4, -0.2) is 49.6 Å². The van der Waals surface area contributed by atoms with Crippen LogP contribution in [0.3, 0.4) is 0 Å². The molecule has 7 heteroatoms. The molecule has 0 amide bonds. The summed E-state index contributed by atoms with van der Waals surface area (Å²) in [4.78, 5) is 12.1. The van der Waals surface area contributed by atoms with E-state index in [2.05, 4.69) is 0 Å². The highest BCUT2D eigenvalue weighted by molar-refractivity contribution is 7.89. The van der Waals surface area contributed by atoms with Gasteiger partial charge in [0.1, 0.15) is 6.04 Å². The van der Waals surface area contributed by atoms with Crippen LogP contribution in [0, 0.1) is 0 Å². The van der Waals surface area contributed by atoms with Gasteiger partial charge in [0.05, 0.1) is 18.1 Å². The van der Waals surface area contributed by atoms with Gasteiger partial charge in [-0.15, -0.1) is 0 Å². The van der Waals surface area contributed by atoms with Gasteiger partial charge in [0.15, 0.2) is 0 Å². The van der Waals surface area contributed by atoms with Gasteiger partial charge in [0, 0.05) is 13.0 Å². The molecule has 128 valence electrons. The Morgan fingerprint density at radius 1 is 1.21 bits per heavy atom. The number of hydrogen-bond acceptors (Lipinski definition) is 5. The average Bonchev–Trinajstić information content (AvgIpc) is 2.60. The Kier molecular flexibility index (Phi) is 4.58. The number of rotatable bonds is 3. The molecule has 1 aliphatic rings. The number of fused-ring (bicyclic) bond motifs is 1. The van der Waals surface area contributed by atoms with Gasteiger partial charge in [0.2, 0.25) is 10.0 Å². The molecular weight excluding hydrogens is 330 g/mol. The fourth-order valence-corrected chi connectivity index (χ4v) is 4.67. The third kappa shape index (κ3) is 3.02. The number of aliphatic hydroxyl groups excluding tert-OH is 1. The van der Waals surface area contributed by atoms with E-state index in [1.54, 1.807) is 12.1 Å². The molecule has 2 aromatic carbocycles. The summed E-state index contributed by atoms with van der Waals surface area (Å²) in [6.07, 6.45) is -0.378. The molecule has 0 bridgehead atoms. The normalized spacial score (nSPS) is 22.4. The SMILES string of the molecule is COC(=O)[C@@H]1C[C@H](O)CCN1S(=O)(=O)c1ccc2ccccc2c1. The topological polar surface area (TPSA) is 83.9 Å². The summed E-state index contributed by atoms with van der Waals surface area (Å²) in [5, 5.41) is 11.5. The molecule has 0 unspecified atom stereocenters. The predicted molar refractivity (Wildman–Crippen MR) is 88.9 cm³/mol. The van der Waals surface area contributed by atoms with Crippen molar-refractivity contribution in [2.24, 2.45) is 0 Å². The van der Waals surface area contributed by atoms with Crippen LogP contribution in [0.4, 0.5) is 0 Å². The van der Waals surface area contributed by atoms with Crippen molar-refractivity contribution in [3.63, 3.8) is 0 Å². The third-order valence-electron chi connectivity index (χ3n) is 4.33.